The molecule has 6 nitrogen and oxygen atoms in total. The molecule has 1 saturated heterocycles. The Morgan fingerprint density at radius 3 is 2.26 bits per heavy atom. The molecule has 1 aliphatic heterocycles. The molecular weight excluding hydrogens is 390 g/mol. The maximum Gasteiger partial charge on any atom is 0.276 e. The molecule has 6 heteroatoms. The van der Waals surface area contributed by atoms with Crippen molar-refractivity contribution < 1.29 is 14.0 Å². The van der Waals surface area contributed by atoms with Gasteiger partial charge >= 0.3 is 0 Å². The van der Waals surface area contributed by atoms with Gasteiger partial charge in [-0.05, 0) is 43.7 Å². The van der Waals surface area contributed by atoms with Crippen molar-refractivity contribution in [1.82, 2.24) is 14.8 Å². The molecule has 2 heterocycles. The Balaban J connectivity index is 1.23. The van der Waals surface area contributed by atoms with Crippen LogP contribution >= 0.6 is 0 Å². The van der Waals surface area contributed by atoms with Gasteiger partial charge in [0.05, 0.1) is 0 Å². The quantitative estimate of drug-likeness (QED) is 0.714. The lowest BCUT2D eigenvalue weighted by molar-refractivity contribution is -0.133. The van der Waals surface area contributed by atoms with Crippen LogP contribution in [-0.2, 0) is 4.79 Å². The Hall–Kier alpha value is -2.63. The molecular formula is C25H31N3O3. The smallest absolute Gasteiger partial charge is 0.276 e. The number of piperazine rings is 1. The van der Waals surface area contributed by atoms with Gasteiger partial charge in [0, 0.05) is 44.1 Å². The van der Waals surface area contributed by atoms with Gasteiger partial charge in [0.2, 0.25) is 11.8 Å². The third kappa shape index (κ3) is 4.53. The Labute approximate surface area is 183 Å². The van der Waals surface area contributed by atoms with Crippen molar-refractivity contribution in [2.75, 3.05) is 26.2 Å². The van der Waals surface area contributed by atoms with Crippen LogP contribution in [0.25, 0.3) is 11.5 Å². The second-order valence-corrected chi connectivity index (χ2v) is 9.25. The van der Waals surface area contributed by atoms with Crippen LogP contribution in [0.1, 0.15) is 73.5 Å². The summed E-state index contributed by atoms with van der Waals surface area (Å²) in [5.41, 5.74) is 1.35. The minimum Gasteiger partial charge on any atom is -0.440 e. The second-order valence-electron chi connectivity index (χ2n) is 9.25. The molecule has 0 bridgehead atoms. The predicted octanol–water partition coefficient (Wildman–Crippen LogP) is 4.47. The topological polar surface area (TPSA) is 66.7 Å². The van der Waals surface area contributed by atoms with Crippen LogP contribution in [0.3, 0.4) is 0 Å². The Morgan fingerprint density at radius 1 is 0.903 bits per heavy atom. The van der Waals surface area contributed by atoms with E-state index in [2.05, 4.69) is 4.98 Å². The molecule has 0 atom stereocenters. The van der Waals surface area contributed by atoms with Crippen LogP contribution in [0.15, 0.2) is 34.7 Å². The molecule has 1 aromatic heterocycles. The molecule has 2 aliphatic carbocycles. The number of aromatic nitrogens is 1. The summed E-state index contributed by atoms with van der Waals surface area (Å²) in [5, 5.41) is 0. The van der Waals surface area contributed by atoms with Crippen LogP contribution in [0.2, 0.25) is 0 Å². The molecule has 31 heavy (non-hydrogen) atoms. The molecule has 0 N–H and O–H groups in total. The number of amides is 2. The van der Waals surface area contributed by atoms with Gasteiger partial charge in [0.1, 0.15) is 5.76 Å². The van der Waals surface area contributed by atoms with Crippen molar-refractivity contribution in [3.63, 3.8) is 0 Å². The molecule has 0 spiro atoms. The highest BCUT2D eigenvalue weighted by atomic mass is 16.4. The van der Waals surface area contributed by atoms with Crippen LogP contribution in [0.4, 0.5) is 0 Å². The van der Waals surface area contributed by atoms with Gasteiger partial charge in [-0.25, -0.2) is 4.98 Å². The summed E-state index contributed by atoms with van der Waals surface area (Å²) in [6, 6.07) is 9.75. The molecule has 3 aliphatic rings. The number of carbonyl (C=O) groups is 2. The SMILES string of the molecule is O=C(CC1CCCCC1)N1CCN(C(=O)c2nc(-c3ccccc3)oc2C2CC2)CC1. The fourth-order valence-electron chi connectivity index (χ4n) is 4.89. The molecule has 5 rings (SSSR count). The second kappa shape index (κ2) is 8.85. The summed E-state index contributed by atoms with van der Waals surface area (Å²) < 4.78 is 6.06. The van der Waals surface area contributed by atoms with Crippen LogP contribution in [0, 0.1) is 5.92 Å². The number of carbonyl (C=O) groups excluding carboxylic acids is 2. The van der Waals surface area contributed by atoms with E-state index in [0.717, 1.165) is 24.2 Å². The van der Waals surface area contributed by atoms with E-state index >= 15 is 0 Å². The van der Waals surface area contributed by atoms with Crippen molar-refractivity contribution in [3.05, 3.63) is 41.8 Å². The van der Waals surface area contributed by atoms with Crippen molar-refractivity contribution in [2.45, 2.75) is 57.3 Å². The zero-order valence-corrected chi connectivity index (χ0v) is 18.1. The Kier molecular flexibility index (Phi) is 5.79. The molecule has 164 valence electrons. The van der Waals surface area contributed by atoms with Crippen LogP contribution in [0.5, 0.6) is 0 Å². The summed E-state index contributed by atoms with van der Waals surface area (Å²) in [5.74, 6) is 2.31. The van der Waals surface area contributed by atoms with Crippen molar-refractivity contribution in [1.29, 1.82) is 0 Å². The van der Waals surface area contributed by atoms with Gasteiger partial charge in [-0.2, -0.15) is 0 Å². The molecule has 0 unspecified atom stereocenters. The molecule has 2 aromatic rings. The summed E-state index contributed by atoms with van der Waals surface area (Å²) >= 11 is 0. The van der Waals surface area contributed by atoms with E-state index in [4.69, 9.17) is 4.42 Å². The first-order chi connectivity index (χ1) is 15.2. The van der Waals surface area contributed by atoms with Crippen molar-refractivity contribution >= 4 is 11.8 Å². The monoisotopic (exact) mass is 421 g/mol. The van der Waals surface area contributed by atoms with Gasteiger partial charge in [0.25, 0.3) is 5.91 Å². The number of benzene rings is 1. The van der Waals surface area contributed by atoms with Crippen LogP contribution < -0.4 is 0 Å². The fraction of sp³-hybridized carbons (Fsp3) is 0.560. The number of hydrogen-bond donors (Lipinski definition) is 0. The lowest BCUT2D eigenvalue weighted by Gasteiger charge is -2.35. The van der Waals surface area contributed by atoms with Gasteiger partial charge in [0.15, 0.2) is 5.69 Å². The third-order valence-electron chi connectivity index (χ3n) is 6.93. The minimum absolute atomic E-state index is 0.0628. The molecule has 0 radical (unpaired) electrons. The maximum atomic E-state index is 13.3. The number of oxazole rings is 1. The van der Waals surface area contributed by atoms with Crippen molar-refractivity contribution in [3.8, 4) is 11.5 Å². The Morgan fingerprint density at radius 2 is 1.58 bits per heavy atom. The highest BCUT2D eigenvalue weighted by Gasteiger charge is 2.36. The Bertz CT molecular complexity index is 921. The predicted molar refractivity (Wildman–Crippen MR) is 118 cm³/mol. The van der Waals surface area contributed by atoms with E-state index < -0.39 is 0 Å². The summed E-state index contributed by atoms with van der Waals surface area (Å²) in [7, 11) is 0. The van der Waals surface area contributed by atoms with Crippen molar-refractivity contribution in [2.24, 2.45) is 5.92 Å². The van der Waals surface area contributed by atoms with E-state index in [9.17, 15) is 9.59 Å². The average Bonchev–Trinajstić information content (AvgIpc) is 3.58. The highest BCUT2D eigenvalue weighted by Crippen LogP contribution is 2.43. The zero-order chi connectivity index (χ0) is 21.2. The van der Waals surface area contributed by atoms with Gasteiger partial charge in [-0.15, -0.1) is 0 Å². The number of rotatable bonds is 5. The minimum atomic E-state index is -0.0628. The van der Waals surface area contributed by atoms with E-state index in [1.807, 2.05) is 40.1 Å². The molecule has 3 fully saturated rings. The van der Waals surface area contributed by atoms with E-state index in [1.165, 1.54) is 32.1 Å². The standard InChI is InChI=1S/C25H31N3O3/c29-21(17-18-7-3-1-4-8-18)27-13-15-28(16-14-27)25(30)22-23(19-11-12-19)31-24(26-22)20-9-5-2-6-10-20/h2,5-6,9-10,18-19H,1,3-4,7-8,11-17H2. The van der Waals surface area contributed by atoms with Gasteiger partial charge < -0.3 is 14.2 Å². The van der Waals surface area contributed by atoms with Gasteiger partial charge in [-0.1, -0.05) is 37.5 Å². The lowest BCUT2D eigenvalue weighted by Crippen LogP contribution is -2.51. The molecule has 2 amide bonds. The fourth-order valence-corrected chi connectivity index (χ4v) is 4.89. The first-order valence-corrected chi connectivity index (χ1v) is 11.8. The van der Waals surface area contributed by atoms with Crippen LogP contribution in [-0.4, -0.2) is 52.8 Å². The largest absolute Gasteiger partial charge is 0.440 e. The number of nitrogens with zero attached hydrogens (tertiary/aromatic N) is 3. The third-order valence-corrected chi connectivity index (χ3v) is 6.93. The zero-order valence-electron chi connectivity index (χ0n) is 18.1. The summed E-state index contributed by atoms with van der Waals surface area (Å²) in [6.07, 6.45) is 8.96. The van der Waals surface area contributed by atoms with E-state index in [0.29, 0.717) is 56.0 Å². The van der Waals surface area contributed by atoms with E-state index in [-0.39, 0.29) is 11.8 Å². The molecule has 2 saturated carbocycles. The summed E-state index contributed by atoms with van der Waals surface area (Å²) in [4.78, 5) is 34.4. The van der Waals surface area contributed by atoms with Gasteiger partial charge in [-0.3, -0.25) is 9.59 Å². The first kappa shape index (κ1) is 20.3. The summed E-state index contributed by atoms with van der Waals surface area (Å²) in [6.45, 7) is 2.35. The normalized spacial score (nSPS) is 20.1. The number of hydrogen-bond acceptors (Lipinski definition) is 4. The highest BCUT2D eigenvalue weighted by molar-refractivity contribution is 5.94. The van der Waals surface area contributed by atoms with E-state index in [1.54, 1.807) is 0 Å². The lowest BCUT2D eigenvalue weighted by atomic mass is 9.86. The average molecular weight is 422 g/mol. The molecule has 1 aromatic carbocycles. The maximum absolute atomic E-state index is 13.3. The first-order valence-electron chi connectivity index (χ1n) is 11.8.